The molecule has 0 fully saturated rings. The summed E-state index contributed by atoms with van der Waals surface area (Å²) in [5.41, 5.74) is 1.31. The van der Waals surface area contributed by atoms with Gasteiger partial charge in [-0.05, 0) is 42.0 Å². The Morgan fingerprint density at radius 3 is 2.52 bits per heavy atom. The molecule has 1 aromatic heterocycles. The van der Waals surface area contributed by atoms with Crippen LogP contribution in [0.4, 0.5) is 0 Å². The lowest BCUT2D eigenvalue weighted by atomic mass is 10.2. The van der Waals surface area contributed by atoms with Crippen molar-refractivity contribution in [3.63, 3.8) is 0 Å². The van der Waals surface area contributed by atoms with Crippen LogP contribution in [0.15, 0.2) is 53.1 Å². The van der Waals surface area contributed by atoms with Crippen molar-refractivity contribution in [2.45, 2.75) is 12.3 Å². The van der Waals surface area contributed by atoms with E-state index in [2.05, 4.69) is 14.9 Å². The first-order chi connectivity index (χ1) is 11.9. The van der Waals surface area contributed by atoms with Gasteiger partial charge < -0.3 is 4.52 Å². The number of nitrogens with one attached hydrogen (secondary N) is 1. The highest BCUT2D eigenvalue weighted by Crippen LogP contribution is 2.19. The lowest BCUT2D eigenvalue weighted by Crippen LogP contribution is -2.24. The largest absolute Gasteiger partial charge is 0.338 e. The smallest absolute Gasteiger partial charge is 0.242 e. The van der Waals surface area contributed by atoms with Gasteiger partial charge in [0.05, 0.1) is 12.3 Å². The maximum Gasteiger partial charge on any atom is 0.242 e. The molecule has 130 valence electrons. The Labute approximate surface area is 154 Å². The van der Waals surface area contributed by atoms with Crippen molar-refractivity contribution in [2.24, 2.45) is 0 Å². The van der Waals surface area contributed by atoms with E-state index in [1.54, 1.807) is 48.5 Å². The summed E-state index contributed by atoms with van der Waals surface area (Å²) in [4.78, 5) is 4.17. The Morgan fingerprint density at radius 1 is 1.04 bits per heavy atom. The van der Waals surface area contributed by atoms with Crippen molar-refractivity contribution in [1.29, 1.82) is 0 Å². The van der Waals surface area contributed by atoms with Crippen molar-refractivity contribution in [3.05, 3.63) is 70.0 Å². The Morgan fingerprint density at radius 2 is 1.80 bits per heavy atom. The van der Waals surface area contributed by atoms with Crippen LogP contribution in [-0.2, 0) is 22.3 Å². The van der Waals surface area contributed by atoms with E-state index in [-0.39, 0.29) is 18.2 Å². The molecular weight excluding hydrogens is 385 g/mol. The molecule has 0 radical (unpaired) electrons. The van der Waals surface area contributed by atoms with Crippen molar-refractivity contribution < 1.29 is 12.9 Å². The molecule has 1 heterocycles. The van der Waals surface area contributed by atoms with Gasteiger partial charge in [-0.25, -0.2) is 13.1 Å². The topological polar surface area (TPSA) is 85.1 Å². The Balaban J connectivity index is 1.64. The molecule has 2 aromatic carbocycles. The second-order valence-corrected chi connectivity index (χ2v) is 7.91. The fourth-order valence-electron chi connectivity index (χ4n) is 2.11. The normalized spacial score (nSPS) is 11.6. The molecule has 0 aliphatic rings. The Kier molecular flexibility index (Phi) is 5.39. The van der Waals surface area contributed by atoms with E-state index in [9.17, 15) is 8.42 Å². The van der Waals surface area contributed by atoms with E-state index in [0.717, 1.165) is 5.56 Å². The van der Waals surface area contributed by atoms with Crippen LogP contribution >= 0.6 is 23.2 Å². The molecule has 0 aliphatic heterocycles. The third-order valence-corrected chi connectivity index (χ3v) is 5.04. The number of nitrogens with zero attached hydrogens (tertiary/aromatic N) is 2. The van der Waals surface area contributed by atoms with Gasteiger partial charge in [0, 0.05) is 15.6 Å². The van der Waals surface area contributed by atoms with Crippen molar-refractivity contribution in [2.75, 3.05) is 0 Å². The maximum atomic E-state index is 12.1. The second-order valence-electron chi connectivity index (χ2n) is 5.23. The van der Waals surface area contributed by atoms with E-state index in [0.29, 0.717) is 21.4 Å². The van der Waals surface area contributed by atoms with Gasteiger partial charge in [-0.1, -0.05) is 40.5 Å². The molecule has 0 unspecified atom stereocenters. The summed E-state index contributed by atoms with van der Waals surface area (Å²) < 4.78 is 31.8. The maximum absolute atomic E-state index is 12.1. The highest BCUT2D eigenvalue weighted by molar-refractivity contribution is 7.88. The molecule has 0 aliphatic carbocycles. The molecular formula is C16H13Cl2N3O3S. The molecule has 1 N–H and O–H groups in total. The quantitative estimate of drug-likeness (QED) is 0.685. The van der Waals surface area contributed by atoms with Crippen molar-refractivity contribution in [3.8, 4) is 11.4 Å². The minimum Gasteiger partial charge on any atom is -0.338 e. The minimum absolute atomic E-state index is 0.0938. The number of hydrogen-bond donors (Lipinski definition) is 1. The molecule has 9 heteroatoms. The van der Waals surface area contributed by atoms with E-state index in [4.69, 9.17) is 27.7 Å². The molecule has 25 heavy (non-hydrogen) atoms. The van der Waals surface area contributed by atoms with Gasteiger partial charge in [0.25, 0.3) is 0 Å². The number of benzene rings is 2. The molecule has 0 bridgehead atoms. The monoisotopic (exact) mass is 397 g/mol. The van der Waals surface area contributed by atoms with Crippen LogP contribution in [0.25, 0.3) is 11.4 Å². The highest BCUT2D eigenvalue weighted by Gasteiger charge is 2.15. The third-order valence-electron chi connectivity index (χ3n) is 3.26. The Hall–Kier alpha value is -1.93. The average molecular weight is 398 g/mol. The number of halogens is 2. The Bertz CT molecular complexity index is 972. The summed E-state index contributed by atoms with van der Waals surface area (Å²) in [7, 11) is -3.56. The number of rotatable bonds is 6. The zero-order valence-electron chi connectivity index (χ0n) is 12.8. The zero-order valence-corrected chi connectivity index (χ0v) is 15.1. The van der Waals surface area contributed by atoms with E-state index >= 15 is 0 Å². The lowest BCUT2D eigenvalue weighted by Gasteiger charge is -2.05. The molecule has 0 saturated carbocycles. The molecule has 3 aromatic rings. The first-order valence-corrected chi connectivity index (χ1v) is 9.62. The lowest BCUT2D eigenvalue weighted by molar-refractivity contribution is 0.376. The van der Waals surface area contributed by atoms with E-state index in [1.807, 2.05) is 0 Å². The fraction of sp³-hybridized carbons (Fsp3) is 0.125. The SMILES string of the molecule is O=S(=O)(Cc1cccc(Cl)c1)NCc1nc(-c2ccc(Cl)cc2)no1. The molecule has 0 amide bonds. The minimum atomic E-state index is -3.56. The van der Waals surface area contributed by atoms with Crippen LogP contribution in [0, 0.1) is 0 Å². The van der Waals surface area contributed by atoms with Crippen LogP contribution in [0.2, 0.25) is 10.0 Å². The summed E-state index contributed by atoms with van der Waals surface area (Å²) in [6.45, 7) is -0.0938. The standard InChI is InChI=1S/C16H13Cl2N3O3S/c17-13-6-4-12(5-7-13)16-20-15(24-21-16)9-19-25(22,23)10-11-2-1-3-14(18)8-11/h1-8,19H,9-10H2. The zero-order chi connectivity index (χ0) is 17.9. The van der Waals surface area contributed by atoms with Crippen LogP contribution < -0.4 is 4.72 Å². The molecule has 0 spiro atoms. The van der Waals surface area contributed by atoms with Gasteiger partial charge in [0.15, 0.2) is 0 Å². The number of sulfonamides is 1. The second kappa shape index (κ2) is 7.53. The van der Waals surface area contributed by atoms with Gasteiger partial charge >= 0.3 is 0 Å². The van der Waals surface area contributed by atoms with Crippen LogP contribution in [-0.4, -0.2) is 18.6 Å². The molecule has 0 saturated heterocycles. The first-order valence-electron chi connectivity index (χ1n) is 7.22. The third kappa shape index (κ3) is 5.02. The van der Waals surface area contributed by atoms with Crippen LogP contribution in [0.1, 0.15) is 11.5 Å². The summed E-state index contributed by atoms with van der Waals surface area (Å²) in [5.74, 6) is 0.339. The highest BCUT2D eigenvalue weighted by atomic mass is 35.5. The van der Waals surface area contributed by atoms with Gasteiger partial charge in [-0.3, -0.25) is 0 Å². The fourth-order valence-corrected chi connectivity index (χ4v) is 3.51. The van der Waals surface area contributed by atoms with Crippen molar-refractivity contribution in [1.82, 2.24) is 14.9 Å². The number of aromatic nitrogens is 2. The molecule has 6 nitrogen and oxygen atoms in total. The molecule has 3 rings (SSSR count). The van der Waals surface area contributed by atoms with Crippen LogP contribution in [0.5, 0.6) is 0 Å². The van der Waals surface area contributed by atoms with Crippen molar-refractivity contribution >= 4 is 33.2 Å². The number of hydrogen-bond acceptors (Lipinski definition) is 5. The van der Waals surface area contributed by atoms with Crippen LogP contribution in [0.3, 0.4) is 0 Å². The van der Waals surface area contributed by atoms with Gasteiger partial charge in [0.2, 0.25) is 21.7 Å². The summed E-state index contributed by atoms with van der Waals surface area (Å²) >= 11 is 11.7. The van der Waals surface area contributed by atoms with E-state index < -0.39 is 10.0 Å². The van der Waals surface area contributed by atoms with Gasteiger partial charge in [-0.15, -0.1) is 0 Å². The predicted octanol–water partition coefficient (Wildman–Crippen LogP) is 3.66. The molecule has 0 atom stereocenters. The van der Waals surface area contributed by atoms with Gasteiger partial charge in [-0.2, -0.15) is 4.98 Å². The van der Waals surface area contributed by atoms with Gasteiger partial charge in [0.1, 0.15) is 0 Å². The summed E-state index contributed by atoms with van der Waals surface area (Å²) in [5, 5.41) is 4.91. The first kappa shape index (κ1) is 17.9. The average Bonchev–Trinajstić information content (AvgIpc) is 3.02. The summed E-state index contributed by atoms with van der Waals surface area (Å²) in [6.07, 6.45) is 0. The predicted molar refractivity (Wildman–Crippen MR) is 95.7 cm³/mol. The van der Waals surface area contributed by atoms with E-state index in [1.165, 1.54) is 0 Å². The summed E-state index contributed by atoms with van der Waals surface area (Å²) in [6, 6.07) is 13.6.